The molecule has 144 valence electrons. The molecule has 1 aromatic heterocycles. The number of carbonyl (C=O) groups is 1. The van der Waals surface area contributed by atoms with Crippen molar-refractivity contribution in [2.45, 2.75) is 0 Å². The van der Waals surface area contributed by atoms with Crippen LogP contribution in [0.25, 0.3) is 16.6 Å². The molecule has 0 spiro atoms. The number of H-pyrrole nitrogens is 1. The minimum Gasteiger partial charge on any atom is -0.319 e. The Hall–Kier alpha value is -3.71. The number of halogens is 2. The summed E-state index contributed by atoms with van der Waals surface area (Å²) in [6.07, 6.45) is 0. The number of amides is 1. The molecule has 0 saturated heterocycles. The molecule has 4 aromatic rings. The number of aromatic nitrogens is 2. The number of nitrogens with zero attached hydrogens (tertiary/aromatic N) is 1. The van der Waals surface area contributed by atoms with Gasteiger partial charge in [0, 0.05) is 10.6 Å². The number of carbonyl (C=O) groups excluding carboxylic acids is 1. The largest absolute Gasteiger partial charge is 0.333 e. The van der Waals surface area contributed by atoms with Crippen LogP contribution in [0.4, 0.5) is 10.1 Å². The van der Waals surface area contributed by atoms with Gasteiger partial charge in [-0.1, -0.05) is 29.8 Å². The van der Waals surface area contributed by atoms with Crippen molar-refractivity contribution in [2.24, 2.45) is 0 Å². The molecule has 6 nitrogen and oxygen atoms in total. The van der Waals surface area contributed by atoms with Crippen molar-refractivity contribution in [2.75, 3.05) is 5.32 Å². The van der Waals surface area contributed by atoms with Gasteiger partial charge in [0.05, 0.1) is 22.3 Å². The Bertz CT molecular complexity index is 1360. The Balaban J connectivity index is 1.75. The summed E-state index contributed by atoms with van der Waals surface area (Å²) in [5, 5.41) is 2.93. The summed E-state index contributed by atoms with van der Waals surface area (Å²) in [5.41, 5.74) is -0.444. The minimum absolute atomic E-state index is 0.0735. The third-order valence-electron chi connectivity index (χ3n) is 4.35. The number of rotatable bonds is 3. The Labute approximate surface area is 168 Å². The normalized spacial score (nSPS) is 10.8. The molecule has 8 heteroatoms. The number of anilines is 1. The van der Waals surface area contributed by atoms with Gasteiger partial charge in [-0.25, -0.2) is 13.8 Å². The third kappa shape index (κ3) is 3.55. The first kappa shape index (κ1) is 18.6. The van der Waals surface area contributed by atoms with E-state index in [4.69, 9.17) is 11.6 Å². The van der Waals surface area contributed by atoms with E-state index in [1.807, 2.05) is 0 Å². The first-order chi connectivity index (χ1) is 13.9. The highest BCUT2D eigenvalue weighted by Crippen LogP contribution is 2.20. The fourth-order valence-corrected chi connectivity index (χ4v) is 3.13. The van der Waals surface area contributed by atoms with Crippen molar-refractivity contribution < 1.29 is 9.18 Å². The smallest absolute Gasteiger partial charge is 0.319 e. The quantitative estimate of drug-likeness (QED) is 0.541. The van der Waals surface area contributed by atoms with Gasteiger partial charge < -0.3 is 10.3 Å². The molecular formula is C21H13ClFN3O3. The molecule has 0 radical (unpaired) electrons. The number of nitrogens with one attached hydrogen (secondary N) is 2. The van der Waals surface area contributed by atoms with Crippen molar-refractivity contribution in [1.29, 1.82) is 0 Å². The van der Waals surface area contributed by atoms with E-state index in [-0.39, 0.29) is 27.2 Å². The lowest BCUT2D eigenvalue weighted by molar-refractivity contribution is 0.102. The van der Waals surface area contributed by atoms with Crippen molar-refractivity contribution in [3.63, 3.8) is 0 Å². The predicted octanol–water partition coefficient (Wildman–Crippen LogP) is 3.72. The van der Waals surface area contributed by atoms with E-state index in [0.717, 1.165) is 10.6 Å². The molecule has 0 aliphatic carbocycles. The predicted molar refractivity (Wildman–Crippen MR) is 110 cm³/mol. The van der Waals surface area contributed by atoms with Gasteiger partial charge in [-0.2, -0.15) is 0 Å². The van der Waals surface area contributed by atoms with Gasteiger partial charge in [-0.15, -0.1) is 0 Å². The first-order valence-corrected chi connectivity index (χ1v) is 8.93. The van der Waals surface area contributed by atoms with Gasteiger partial charge in [-0.3, -0.25) is 9.59 Å². The van der Waals surface area contributed by atoms with E-state index in [1.165, 1.54) is 30.3 Å². The average Bonchev–Trinajstić information content (AvgIpc) is 2.71. The molecule has 29 heavy (non-hydrogen) atoms. The summed E-state index contributed by atoms with van der Waals surface area (Å²) < 4.78 is 14.9. The molecule has 1 amide bonds. The molecule has 3 aromatic carbocycles. The summed E-state index contributed by atoms with van der Waals surface area (Å²) in [4.78, 5) is 40.3. The Kier molecular flexibility index (Phi) is 4.74. The Morgan fingerprint density at radius 3 is 2.52 bits per heavy atom. The SMILES string of the molecule is O=C(Nc1cc(Cl)ccc1F)c1ccc2c(=O)n(-c3ccccc3)c(=O)[nH]c2c1. The zero-order valence-electron chi connectivity index (χ0n) is 14.8. The van der Waals surface area contributed by atoms with Gasteiger partial charge in [0.25, 0.3) is 11.5 Å². The van der Waals surface area contributed by atoms with Crippen LogP contribution in [0.1, 0.15) is 10.4 Å². The van der Waals surface area contributed by atoms with Crippen LogP contribution in [0.3, 0.4) is 0 Å². The van der Waals surface area contributed by atoms with E-state index < -0.39 is 23.0 Å². The second-order valence-corrected chi connectivity index (χ2v) is 6.68. The van der Waals surface area contributed by atoms with Crippen molar-refractivity contribution in [3.8, 4) is 5.69 Å². The summed E-state index contributed by atoms with van der Waals surface area (Å²) in [6, 6.07) is 16.5. The van der Waals surface area contributed by atoms with Crippen LogP contribution in [0.15, 0.2) is 76.3 Å². The molecule has 0 aliphatic rings. The van der Waals surface area contributed by atoms with Gasteiger partial charge in [-0.05, 0) is 48.5 Å². The maximum absolute atomic E-state index is 13.8. The van der Waals surface area contributed by atoms with Crippen molar-refractivity contribution in [1.82, 2.24) is 9.55 Å². The zero-order valence-corrected chi connectivity index (χ0v) is 15.5. The molecular weight excluding hydrogens is 397 g/mol. The van der Waals surface area contributed by atoms with E-state index in [0.29, 0.717) is 5.69 Å². The van der Waals surface area contributed by atoms with Crippen molar-refractivity contribution >= 4 is 34.1 Å². The number of hydrogen-bond donors (Lipinski definition) is 2. The minimum atomic E-state index is -0.636. The van der Waals surface area contributed by atoms with Gasteiger partial charge in [0.1, 0.15) is 5.82 Å². The number of aromatic amines is 1. The van der Waals surface area contributed by atoms with Crippen LogP contribution in [0, 0.1) is 5.82 Å². The summed E-state index contributed by atoms with van der Waals surface area (Å²) in [7, 11) is 0. The number of para-hydroxylation sites is 1. The van der Waals surface area contributed by atoms with Crippen LogP contribution in [0.5, 0.6) is 0 Å². The standard InChI is InChI=1S/C21H13ClFN3O3/c22-13-7-9-16(23)18(11-13)24-19(27)12-6-8-15-17(10-12)25-21(29)26(20(15)28)14-4-2-1-3-5-14/h1-11H,(H,24,27)(H,25,29). The molecule has 0 atom stereocenters. The fraction of sp³-hybridized carbons (Fsp3) is 0. The van der Waals surface area contributed by atoms with Crippen LogP contribution in [0.2, 0.25) is 5.02 Å². The zero-order chi connectivity index (χ0) is 20.5. The summed E-state index contributed by atoms with van der Waals surface area (Å²) in [6.45, 7) is 0. The second kappa shape index (κ2) is 7.37. The molecule has 4 rings (SSSR count). The van der Waals surface area contributed by atoms with Crippen LogP contribution < -0.4 is 16.6 Å². The van der Waals surface area contributed by atoms with Crippen LogP contribution in [-0.4, -0.2) is 15.5 Å². The van der Waals surface area contributed by atoms with E-state index in [2.05, 4.69) is 10.3 Å². The van der Waals surface area contributed by atoms with Gasteiger partial charge in [0.15, 0.2) is 0 Å². The molecule has 0 unspecified atom stereocenters. The van der Waals surface area contributed by atoms with Crippen LogP contribution in [-0.2, 0) is 0 Å². The maximum atomic E-state index is 13.8. The highest BCUT2D eigenvalue weighted by atomic mass is 35.5. The molecule has 2 N–H and O–H groups in total. The first-order valence-electron chi connectivity index (χ1n) is 8.55. The summed E-state index contributed by atoms with van der Waals surface area (Å²) in [5.74, 6) is -1.25. The van der Waals surface area contributed by atoms with Gasteiger partial charge >= 0.3 is 5.69 Å². The van der Waals surface area contributed by atoms with Gasteiger partial charge in [0.2, 0.25) is 0 Å². The molecule has 0 aliphatic heterocycles. The number of fused-ring (bicyclic) bond motifs is 1. The Morgan fingerprint density at radius 1 is 1.00 bits per heavy atom. The third-order valence-corrected chi connectivity index (χ3v) is 4.59. The highest BCUT2D eigenvalue weighted by Gasteiger charge is 2.14. The highest BCUT2D eigenvalue weighted by molar-refractivity contribution is 6.31. The lowest BCUT2D eigenvalue weighted by Gasteiger charge is -2.09. The molecule has 1 heterocycles. The maximum Gasteiger partial charge on any atom is 0.333 e. The molecule has 0 fully saturated rings. The lowest BCUT2D eigenvalue weighted by atomic mass is 10.1. The molecule has 0 bridgehead atoms. The monoisotopic (exact) mass is 409 g/mol. The average molecular weight is 410 g/mol. The summed E-state index contributed by atoms with van der Waals surface area (Å²) >= 11 is 5.83. The van der Waals surface area contributed by atoms with E-state index in [1.54, 1.807) is 30.3 Å². The number of benzene rings is 3. The van der Waals surface area contributed by atoms with E-state index >= 15 is 0 Å². The molecule has 0 saturated carbocycles. The van der Waals surface area contributed by atoms with Crippen molar-refractivity contribution in [3.05, 3.63) is 104 Å². The van der Waals surface area contributed by atoms with E-state index in [9.17, 15) is 18.8 Å². The second-order valence-electron chi connectivity index (χ2n) is 6.24. The lowest BCUT2D eigenvalue weighted by Crippen LogP contribution is -2.33. The fourth-order valence-electron chi connectivity index (χ4n) is 2.96. The number of hydrogen-bond acceptors (Lipinski definition) is 3. The Morgan fingerprint density at radius 2 is 1.76 bits per heavy atom. The van der Waals surface area contributed by atoms with Crippen LogP contribution >= 0.6 is 11.6 Å². The topological polar surface area (TPSA) is 84.0 Å².